The van der Waals surface area contributed by atoms with E-state index in [1.54, 1.807) is 10.6 Å². The van der Waals surface area contributed by atoms with Gasteiger partial charge in [0.05, 0.1) is 11.2 Å². The van der Waals surface area contributed by atoms with Crippen molar-refractivity contribution in [3.8, 4) is 17.1 Å². The van der Waals surface area contributed by atoms with Crippen molar-refractivity contribution in [2.45, 2.75) is 13.8 Å². The number of aryl methyl sites for hydroxylation is 3. The third kappa shape index (κ3) is 2.89. The van der Waals surface area contributed by atoms with Crippen LogP contribution >= 0.6 is 0 Å². The second kappa shape index (κ2) is 7.06. The Labute approximate surface area is 178 Å². The summed E-state index contributed by atoms with van der Waals surface area (Å²) in [6.07, 6.45) is 0. The van der Waals surface area contributed by atoms with Crippen LogP contribution in [0.2, 0.25) is 0 Å². The van der Waals surface area contributed by atoms with E-state index in [2.05, 4.69) is 0 Å². The molecule has 0 saturated carbocycles. The molecule has 5 nitrogen and oxygen atoms in total. The largest absolute Gasteiger partial charge is 0.328 e. The van der Waals surface area contributed by atoms with E-state index in [1.165, 1.54) is 0 Å². The molecular weight excluding hydrogens is 386 g/mol. The minimum absolute atomic E-state index is 0.0964. The van der Waals surface area contributed by atoms with Crippen LogP contribution < -0.4 is 11.0 Å². The van der Waals surface area contributed by atoms with Crippen molar-refractivity contribution in [3.63, 3.8) is 0 Å². The molecular formula is C26H21N3O2. The van der Waals surface area contributed by atoms with Gasteiger partial charge in [0.2, 0.25) is 5.43 Å². The first-order chi connectivity index (χ1) is 15.0. The maximum absolute atomic E-state index is 13.8. The van der Waals surface area contributed by atoms with E-state index in [1.807, 2.05) is 92.2 Å². The number of nitrogens with zero attached hydrogens (tertiary/aromatic N) is 3. The lowest BCUT2D eigenvalue weighted by molar-refractivity contribution is 0.923. The molecule has 152 valence electrons. The number of rotatable bonds is 2. The van der Waals surface area contributed by atoms with Gasteiger partial charge in [0.15, 0.2) is 5.65 Å². The molecule has 5 aromatic rings. The van der Waals surface area contributed by atoms with Gasteiger partial charge in [-0.1, -0.05) is 54.1 Å². The highest BCUT2D eigenvalue weighted by Crippen LogP contribution is 2.25. The molecule has 3 aromatic carbocycles. The van der Waals surface area contributed by atoms with Gasteiger partial charge in [0, 0.05) is 18.0 Å². The summed E-state index contributed by atoms with van der Waals surface area (Å²) in [5, 5.41) is 0.606. The molecule has 0 unspecified atom stereocenters. The zero-order valence-electron chi connectivity index (χ0n) is 17.6. The molecule has 0 bridgehead atoms. The first kappa shape index (κ1) is 19.0. The van der Waals surface area contributed by atoms with Crippen molar-refractivity contribution in [3.05, 3.63) is 105 Å². The number of pyridine rings is 1. The van der Waals surface area contributed by atoms with Gasteiger partial charge in [-0.15, -0.1) is 0 Å². The number of hydrogen-bond acceptors (Lipinski definition) is 3. The average Bonchev–Trinajstić information content (AvgIpc) is 2.78. The molecule has 5 rings (SSSR count). The van der Waals surface area contributed by atoms with Gasteiger partial charge in [-0.2, -0.15) is 0 Å². The lowest BCUT2D eigenvalue weighted by Gasteiger charge is -2.17. The van der Waals surface area contributed by atoms with Crippen LogP contribution in [0.3, 0.4) is 0 Å². The Morgan fingerprint density at radius 1 is 0.806 bits per heavy atom. The third-order valence-corrected chi connectivity index (χ3v) is 5.80. The van der Waals surface area contributed by atoms with Gasteiger partial charge in [-0.25, -0.2) is 4.98 Å². The lowest BCUT2D eigenvalue weighted by atomic mass is 10.1. The monoisotopic (exact) mass is 407 g/mol. The molecule has 0 fully saturated rings. The van der Waals surface area contributed by atoms with Gasteiger partial charge >= 0.3 is 0 Å². The van der Waals surface area contributed by atoms with Crippen LogP contribution in [0.1, 0.15) is 11.1 Å². The lowest BCUT2D eigenvalue weighted by Crippen LogP contribution is -2.28. The van der Waals surface area contributed by atoms with E-state index in [0.717, 1.165) is 22.2 Å². The van der Waals surface area contributed by atoms with Crippen molar-refractivity contribution < 1.29 is 0 Å². The topological polar surface area (TPSA) is 56.9 Å². The van der Waals surface area contributed by atoms with Gasteiger partial charge in [-0.3, -0.25) is 14.2 Å². The van der Waals surface area contributed by atoms with Crippen LogP contribution in [-0.4, -0.2) is 14.1 Å². The molecule has 31 heavy (non-hydrogen) atoms. The van der Waals surface area contributed by atoms with Crippen LogP contribution in [-0.2, 0) is 7.05 Å². The molecule has 0 radical (unpaired) electrons. The van der Waals surface area contributed by atoms with Crippen LogP contribution in [0, 0.1) is 13.8 Å². The Hall–Kier alpha value is -3.99. The number of fused-ring (bicyclic) bond motifs is 2. The van der Waals surface area contributed by atoms with Gasteiger partial charge < -0.3 is 4.57 Å². The number of para-hydroxylation sites is 1. The van der Waals surface area contributed by atoms with Crippen molar-refractivity contribution in [2.24, 2.45) is 7.05 Å². The highest BCUT2D eigenvalue weighted by atomic mass is 16.1. The fourth-order valence-corrected chi connectivity index (χ4v) is 4.10. The summed E-state index contributed by atoms with van der Waals surface area (Å²) in [5.41, 5.74) is 4.09. The zero-order valence-corrected chi connectivity index (χ0v) is 17.6. The molecule has 2 heterocycles. The van der Waals surface area contributed by atoms with Crippen LogP contribution in [0.5, 0.6) is 0 Å². The molecule has 0 aliphatic carbocycles. The summed E-state index contributed by atoms with van der Waals surface area (Å²) >= 11 is 0. The summed E-state index contributed by atoms with van der Waals surface area (Å²) in [6, 6.07) is 22.8. The van der Waals surface area contributed by atoms with Crippen molar-refractivity contribution in [1.29, 1.82) is 0 Å². The Morgan fingerprint density at radius 3 is 2.23 bits per heavy atom. The molecule has 0 amide bonds. The Balaban J connectivity index is 2.03. The summed E-state index contributed by atoms with van der Waals surface area (Å²) in [6.45, 7) is 3.99. The van der Waals surface area contributed by atoms with E-state index in [0.29, 0.717) is 22.5 Å². The molecule has 0 N–H and O–H groups in total. The Morgan fingerprint density at radius 2 is 1.48 bits per heavy atom. The fraction of sp³-hybridized carbons (Fsp3) is 0.115. The standard InChI is InChI=1S/C26H21N3O2/c1-16-12-14-18(15-13-16)29-24(19-9-5-4-8-17(19)2)27-25-22(26(29)31)23(30)20-10-6-7-11-21(20)28(25)3/h4-15H,1-3H3. The normalized spacial score (nSPS) is 11.3. The highest BCUT2D eigenvalue weighted by Gasteiger charge is 2.20. The van der Waals surface area contributed by atoms with E-state index in [-0.39, 0.29) is 16.4 Å². The summed E-state index contributed by atoms with van der Waals surface area (Å²) in [4.78, 5) is 32.1. The smallest absolute Gasteiger partial charge is 0.271 e. The highest BCUT2D eigenvalue weighted by molar-refractivity contribution is 5.92. The van der Waals surface area contributed by atoms with Crippen LogP contribution in [0.15, 0.2) is 82.4 Å². The maximum Gasteiger partial charge on any atom is 0.271 e. The summed E-state index contributed by atoms with van der Waals surface area (Å²) in [7, 11) is 1.84. The minimum atomic E-state index is -0.363. The molecule has 0 atom stereocenters. The van der Waals surface area contributed by atoms with Crippen LogP contribution in [0.25, 0.3) is 39.0 Å². The molecule has 0 aliphatic rings. The van der Waals surface area contributed by atoms with Crippen molar-refractivity contribution >= 4 is 21.9 Å². The average molecular weight is 407 g/mol. The minimum Gasteiger partial charge on any atom is -0.328 e. The second-order valence-electron chi connectivity index (χ2n) is 7.83. The van der Waals surface area contributed by atoms with Crippen molar-refractivity contribution in [1.82, 2.24) is 14.1 Å². The molecule has 0 spiro atoms. The van der Waals surface area contributed by atoms with Crippen molar-refractivity contribution in [2.75, 3.05) is 0 Å². The molecule has 5 heteroatoms. The molecule has 0 aliphatic heterocycles. The van der Waals surface area contributed by atoms with E-state index < -0.39 is 0 Å². The Bertz CT molecular complexity index is 1590. The summed E-state index contributed by atoms with van der Waals surface area (Å²) in [5.74, 6) is 0.518. The quantitative estimate of drug-likeness (QED) is 0.404. The van der Waals surface area contributed by atoms with E-state index in [4.69, 9.17) is 4.98 Å². The van der Waals surface area contributed by atoms with Crippen LogP contribution in [0.4, 0.5) is 0 Å². The third-order valence-electron chi connectivity index (χ3n) is 5.80. The second-order valence-corrected chi connectivity index (χ2v) is 7.83. The summed E-state index contributed by atoms with van der Waals surface area (Å²) < 4.78 is 3.38. The van der Waals surface area contributed by atoms with Gasteiger partial charge in [-0.05, 0) is 43.7 Å². The SMILES string of the molecule is Cc1ccc(-n2c(-c3ccccc3C)nc3c(c(=O)c4ccccc4n3C)c2=O)cc1. The van der Waals surface area contributed by atoms with Gasteiger partial charge in [0.25, 0.3) is 5.56 Å². The van der Waals surface area contributed by atoms with E-state index in [9.17, 15) is 9.59 Å². The zero-order chi connectivity index (χ0) is 21.7. The van der Waals surface area contributed by atoms with Gasteiger partial charge in [0.1, 0.15) is 11.2 Å². The molecule has 2 aromatic heterocycles. The number of hydrogen-bond donors (Lipinski definition) is 0. The van der Waals surface area contributed by atoms with E-state index >= 15 is 0 Å². The maximum atomic E-state index is 13.8. The number of benzene rings is 3. The first-order valence-corrected chi connectivity index (χ1v) is 10.1. The predicted molar refractivity (Wildman–Crippen MR) is 125 cm³/mol. The Kier molecular flexibility index (Phi) is 4.33. The fourth-order valence-electron chi connectivity index (χ4n) is 4.10. The first-order valence-electron chi connectivity index (χ1n) is 10.1. The number of aromatic nitrogens is 3. The predicted octanol–water partition coefficient (Wildman–Crippen LogP) is 4.52. The molecule has 0 saturated heterocycles.